The molecule has 0 spiro atoms. The lowest BCUT2D eigenvalue weighted by Gasteiger charge is -2.45. The monoisotopic (exact) mass is 692 g/mol. The fraction of sp³-hybridized carbons (Fsp3) is 0.395. The molecule has 2 bridgehead atoms. The number of fused-ring (bicyclic) bond motifs is 2. The van der Waals surface area contributed by atoms with E-state index in [-0.39, 0.29) is 62.3 Å². The Kier molecular flexibility index (Phi) is 10.9. The van der Waals surface area contributed by atoms with Crippen molar-refractivity contribution in [2.45, 2.75) is 76.0 Å². The van der Waals surface area contributed by atoms with Crippen LogP contribution in [0.25, 0.3) is 5.57 Å². The van der Waals surface area contributed by atoms with Crippen LogP contribution in [0.3, 0.4) is 0 Å². The summed E-state index contributed by atoms with van der Waals surface area (Å²) in [6.45, 7) is 0.834. The summed E-state index contributed by atoms with van der Waals surface area (Å²) < 4.78 is 61.3. The smallest absolute Gasteiger partial charge is 0.252 e. The van der Waals surface area contributed by atoms with Crippen LogP contribution in [0.4, 0.5) is 17.6 Å². The average molecular weight is 693 g/mol. The molecule has 1 saturated carbocycles. The predicted octanol–water partition coefficient (Wildman–Crippen LogP) is 5.43. The van der Waals surface area contributed by atoms with Gasteiger partial charge in [0.05, 0.1) is 12.6 Å². The number of hydrogen-bond donors (Lipinski definition) is 2. The third kappa shape index (κ3) is 8.18. The SMILES string of the molecule is NC(=O)CCCC(=O)N1CC2CC(c3ccc(CCCOc4c(F)ccc(F)c4F)cc3)=C(C(=O)N(Cc3ccccc3F)C3CC3)C(C1)N2. The lowest BCUT2D eigenvalue weighted by atomic mass is 9.82. The first-order valence-corrected chi connectivity index (χ1v) is 17.0. The minimum atomic E-state index is -1.36. The van der Waals surface area contributed by atoms with Crippen LogP contribution in [0, 0.1) is 23.3 Å². The van der Waals surface area contributed by atoms with Gasteiger partial charge >= 0.3 is 0 Å². The summed E-state index contributed by atoms with van der Waals surface area (Å²) in [7, 11) is 0. The van der Waals surface area contributed by atoms with Crippen LogP contribution in [0.5, 0.6) is 5.75 Å². The topological polar surface area (TPSA) is 105 Å². The Hall–Kier alpha value is -4.71. The van der Waals surface area contributed by atoms with Crippen molar-refractivity contribution in [3.05, 3.63) is 106 Å². The van der Waals surface area contributed by atoms with Crippen LogP contribution in [-0.4, -0.2) is 65.3 Å². The lowest BCUT2D eigenvalue weighted by molar-refractivity contribution is -0.134. The second-order valence-corrected chi connectivity index (χ2v) is 13.2. The van der Waals surface area contributed by atoms with Gasteiger partial charge in [-0.15, -0.1) is 0 Å². The Bertz CT molecular complexity index is 1780. The number of rotatable bonds is 14. The Morgan fingerprint density at radius 2 is 1.62 bits per heavy atom. The highest BCUT2D eigenvalue weighted by Gasteiger charge is 2.43. The maximum Gasteiger partial charge on any atom is 0.252 e. The molecule has 8 nitrogen and oxygen atoms in total. The molecular formula is C38H40F4N4O4. The van der Waals surface area contributed by atoms with E-state index >= 15 is 0 Å². The quantitative estimate of drug-likeness (QED) is 0.133. The van der Waals surface area contributed by atoms with Gasteiger partial charge in [-0.05, 0) is 73.4 Å². The van der Waals surface area contributed by atoms with Crippen molar-refractivity contribution in [2.24, 2.45) is 5.73 Å². The molecule has 12 heteroatoms. The van der Waals surface area contributed by atoms with E-state index in [1.807, 2.05) is 24.3 Å². The zero-order chi connectivity index (χ0) is 35.4. The molecule has 3 aliphatic rings. The molecule has 50 heavy (non-hydrogen) atoms. The molecule has 3 N–H and O–H groups in total. The highest BCUT2D eigenvalue weighted by Crippen LogP contribution is 2.38. The first-order chi connectivity index (χ1) is 24.1. The van der Waals surface area contributed by atoms with Gasteiger partial charge in [0.1, 0.15) is 5.82 Å². The lowest BCUT2D eigenvalue weighted by Crippen LogP contribution is -2.62. The van der Waals surface area contributed by atoms with Crippen LogP contribution in [0.15, 0.2) is 66.2 Å². The molecule has 1 saturated heterocycles. The summed E-state index contributed by atoms with van der Waals surface area (Å²) in [5.41, 5.74) is 8.92. The number of amides is 3. The Balaban J connectivity index is 1.22. The molecular weight excluding hydrogens is 652 g/mol. The number of primary amides is 1. The van der Waals surface area contributed by atoms with Crippen molar-refractivity contribution in [3.8, 4) is 5.75 Å². The molecule has 6 rings (SSSR count). The van der Waals surface area contributed by atoms with Gasteiger partial charge in [-0.1, -0.05) is 42.5 Å². The van der Waals surface area contributed by atoms with E-state index in [4.69, 9.17) is 10.5 Å². The predicted molar refractivity (Wildman–Crippen MR) is 178 cm³/mol. The maximum absolute atomic E-state index is 14.8. The largest absolute Gasteiger partial charge is 0.488 e. The number of carbonyl (C=O) groups excluding carboxylic acids is 3. The van der Waals surface area contributed by atoms with Crippen molar-refractivity contribution in [2.75, 3.05) is 19.7 Å². The third-order valence-corrected chi connectivity index (χ3v) is 9.51. The van der Waals surface area contributed by atoms with Gasteiger partial charge in [-0.25, -0.2) is 13.2 Å². The molecule has 2 aliphatic heterocycles. The number of halogens is 4. The third-order valence-electron chi connectivity index (χ3n) is 9.51. The average Bonchev–Trinajstić information content (AvgIpc) is 3.94. The van der Waals surface area contributed by atoms with E-state index in [2.05, 4.69) is 5.32 Å². The molecule has 1 aliphatic carbocycles. The van der Waals surface area contributed by atoms with E-state index < -0.39 is 35.2 Å². The number of benzene rings is 3. The number of nitrogens with two attached hydrogens (primary N) is 1. The molecule has 2 heterocycles. The van der Waals surface area contributed by atoms with Crippen LogP contribution in [0.2, 0.25) is 0 Å². The minimum absolute atomic E-state index is 0.0115. The van der Waals surface area contributed by atoms with Crippen molar-refractivity contribution >= 4 is 23.3 Å². The molecule has 2 atom stereocenters. The highest BCUT2D eigenvalue weighted by molar-refractivity contribution is 6.03. The Labute approximate surface area is 288 Å². The number of nitrogens with zero attached hydrogens (tertiary/aromatic N) is 2. The van der Waals surface area contributed by atoms with Gasteiger partial charge in [0.25, 0.3) is 5.91 Å². The number of aryl methyl sites for hydroxylation is 1. The van der Waals surface area contributed by atoms with Crippen LogP contribution < -0.4 is 15.8 Å². The van der Waals surface area contributed by atoms with E-state index in [0.717, 1.165) is 35.6 Å². The molecule has 3 aromatic carbocycles. The van der Waals surface area contributed by atoms with E-state index in [0.29, 0.717) is 49.4 Å². The maximum atomic E-state index is 14.8. The number of nitrogens with one attached hydrogen (secondary N) is 1. The summed E-state index contributed by atoms with van der Waals surface area (Å²) >= 11 is 0. The molecule has 3 amide bonds. The minimum Gasteiger partial charge on any atom is -0.488 e. The summed E-state index contributed by atoms with van der Waals surface area (Å²) in [5, 5.41) is 3.56. The normalized spacial score (nSPS) is 18.6. The highest BCUT2D eigenvalue weighted by atomic mass is 19.2. The number of piperazine rings is 1. The van der Waals surface area contributed by atoms with E-state index in [1.165, 1.54) is 6.07 Å². The number of hydrogen-bond acceptors (Lipinski definition) is 5. The summed E-state index contributed by atoms with van der Waals surface area (Å²) in [5.74, 6) is -5.37. The fourth-order valence-electron chi connectivity index (χ4n) is 6.82. The van der Waals surface area contributed by atoms with Crippen molar-refractivity contribution < 1.29 is 36.7 Å². The van der Waals surface area contributed by atoms with E-state index in [9.17, 15) is 31.9 Å². The fourth-order valence-corrected chi connectivity index (χ4v) is 6.82. The zero-order valence-corrected chi connectivity index (χ0v) is 27.6. The molecule has 264 valence electrons. The second-order valence-electron chi connectivity index (χ2n) is 13.2. The van der Waals surface area contributed by atoms with Gasteiger partial charge in [0, 0.05) is 55.7 Å². The molecule has 0 aromatic heterocycles. The summed E-state index contributed by atoms with van der Waals surface area (Å²) in [6.07, 6.45) is 3.75. The summed E-state index contributed by atoms with van der Waals surface area (Å²) in [4.78, 5) is 42.5. The van der Waals surface area contributed by atoms with Crippen molar-refractivity contribution in [3.63, 3.8) is 0 Å². The second kappa shape index (κ2) is 15.5. The van der Waals surface area contributed by atoms with Gasteiger partial charge in [-0.3, -0.25) is 14.4 Å². The molecule has 2 unspecified atom stereocenters. The number of carbonyl (C=O) groups is 3. The van der Waals surface area contributed by atoms with Crippen LogP contribution >= 0.6 is 0 Å². The van der Waals surface area contributed by atoms with Crippen LogP contribution in [-0.2, 0) is 27.3 Å². The first kappa shape index (κ1) is 35.1. The van der Waals surface area contributed by atoms with Crippen molar-refractivity contribution in [1.82, 2.24) is 15.1 Å². The molecule has 3 aromatic rings. The first-order valence-electron chi connectivity index (χ1n) is 17.0. The Morgan fingerprint density at radius 3 is 2.34 bits per heavy atom. The molecule has 0 radical (unpaired) electrons. The van der Waals surface area contributed by atoms with Gasteiger partial charge in [-0.2, -0.15) is 4.39 Å². The van der Waals surface area contributed by atoms with E-state index in [1.54, 1.807) is 28.0 Å². The van der Waals surface area contributed by atoms with Crippen LogP contribution in [0.1, 0.15) is 61.6 Å². The van der Waals surface area contributed by atoms with Gasteiger partial charge in [0.2, 0.25) is 17.6 Å². The van der Waals surface area contributed by atoms with Crippen molar-refractivity contribution in [1.29, 1.82) is 0 Å². The standard InChI is InChI=1S/C38H40F4N4O4/c39-29-7-2-1-6-25(29)20-46(27-14-15-27)38(49)35-28(19-26-21-45(22-32(35)44-26)34(48)9-3-8-33(43)47)24-12-10-23(11-13-24)5-4-18-50-37-31(41)17-16-30(40)36(37)42/h1-2,6-7,10-13,16-17,26-27,32,44H,3-5,8-9,14-15,18-22H2,(H2,43,47). The molecule has 2 fully saturated rings. The number of ether oxygens (including phenoxy) is 1. The Morgan fingerprint density at radius 1 is 0.880 bits per heavy atom. The zero-order valence-electron chi connectivity index (χ0n) is 27.6. The van der Waals surface area contributed by atoms with Gasteiger partial charge in [0.15, 0.2) is 17.4 Å². The van der Waals surface area contributed by atoms with Gasteiger partial charge < -0.3 is 25.6 Å². The summed E-state index contributed by atoms with van der Waals surface area (Å²) in [6, 6.07) is 15.1.